The van der Waals surface area contributed by atoms with Crippen LogP contribution in [0.3, 0.4) is 0 Å². The molecule has 0 bridgehead atoms. The molecule has 15 heavy (non-hydrogen) atoms. The van der Waals surface area contributed by atoms with E-state index in [1.807, 2.05) is 13.8 Å². The average Bonchev–Trinajstić information content (AvgIpc) is 2.19. The van der Waals surface area contributed by atoms with Crippen molar-refractivity contribution in [2.75, 3.05) is 25.0 Å². The molecule has 5 heteroatoms. The zero-order chi connectivity index (χ0) is 11.7. The third kappa shape index (κ3) is 6.59. The van der Waals surface area contributed by atoms with Gasteiger partial charge in [0, 0.05) is 25.5 Å². The molecule has 3 nitrogen and oxygen atoms in total. The quantitative estimate of drug-likeness (QED) is 0.510. The van der Waals surface area contributed by atoms with Crippen LogP contribution in [0, 0.1) is 0 Å². The fraction of sp³-hybridized carbons (Fsp3) is 1.00. The Kier molecular flexibility index (Phi) is 8.86. The van der Waals surface area contributed by atoms with Crippen molar-refractivity contribution in [2.24, 2.45) is 0 Å². The summed E-state index contributed by atoms with van der Waals surface area (Å²) in [6, 6.07) is 0. The fourth-order valence-corrected chi connectivity index (χ4v) is 1.84. The predicted octanol–water partition coefficient (Wildman–Crippen LogP) is 2.37. The van der Waals surface area contributed by atoms with Crippen LogP contribution in [0.2, 0.25) is 0 Å². The van der Waals surface area contributed by atoms with Gasteiger partial charge >= 0.3 is 0 Å². The first-order chi connectivity index (χ1) is 7.11. The Morgan fingerprint density at radius 1 is 1.20 bits per heavy atom. The van der Waals surface area contributed by atoms with Crippen molar-refractivity contribution in [3.8, 4) is 0 Å². The highest BCUT2D eigenvalue weighted by Gasteiger charge is 2.29. The zero-order valence-electron chi connectivity index (χ0n) is 9.34. The van der Waals surface area contributed by atoms with E-state index in [1.54, 1.807) is 0 Å². The molecule has 0 radical (unpaired) electrons. The van der Waals surface area contributed by atoms with Crippen molar-refractivity contribution in [2.45, 2.75) is 38.6 Å². The van der Waals surface area contributed by atoms with E-state index >= 15 is 0 Å². The molecular weight excluding hydrogens is 239 g/mol. The molecule has 92 valence electrons. The van der Waals surface area contributed by atoms with Gasteiger partial charge in [-0.2, -0.15) is 0 Å². The SMILES string of the molecule is CCOC(CC(O)(CCl)CCCl)OCC. The van der Waals surface area contributed by atoms with E-state index in [1.165, 1.54) is 0 Å². The fourth-order valence-electron chi connectivity index (χ4n) is 1.25. The highest BCUT2D eigenvalue weighted by Crippen LogP contribution is 2.22. The maximum absolute atomic E-state index is 10.1. The lowest BCUT2D eigenvalue weighted by atomic mass is 9.98. The molecule has 0 aliphatic carbocycles. The molecule has 0 saturated heterocycles. The maximum atomic E-state index is 10.1. The molecule has 0 saturated carbocycles. The number of ether oxygens (including phenoxy) is 2. The average molecular weight is 259 g/mol. The first kappa shape index (κ1) is 15.5. The van der Waals surface area contributed by atoms with Crippen LogP contribution < -0.4 is 0 Å². The highest BCUT2D eigenvalue weighted by molar-refractivity contribution is 6.19. The highest BCUT2D eigenvalue weighted by atomic mass is 35.5. The molecule has 0 fully saturated rings. The third-order valence-electron chi connectivity index (χ3n) is 2.06. The van der Waals surface area contributed by atoms with E-state index in [0.717, 1.165) is 0 Å². The van der Waals surface area contributed by atoms with Gasteiger partial charge in [0.25, 0.3) is 0 Å². The largest absolute Gasteiger partial charge is 0.388 e. The summed E-state index contributed by atoms with van der Waals surface area (Å²) >= 11 is 11.3. The van der Waals surface area contributed by atoms with Gasteiger partial charge in [-0.1, -0.05) is 0 Å². The number of halogens is 2. The molecule has 1 unspecified atom stereocenters. The Morgan fingerprint density at radius 3 is 2.07 bits per heavy atom. The molecule has 0 aliphatic rings. The Bertz CT molecular complexity index is 152. The van der Waals surface area contributed by atoms with E-state index in [4.69, 9.17) is 32.7 Å². The molecule has 0 aromatic heterocycles. The number of hydrogen-bond donors (Lipinski definition) is 1. The molecule has 1 N–H and O–H groups in total. The molecule has 0 aliphatic heterocycles. The minimum atomic E-state index is -1.00. The summed E-state index contributed by atoms with van der Waals surface area (Å²) in [5.74, 6) is 0.505. The van der Waals surface area contributed by atoms with Gasteiger partial charge in [-0.25, -0.2) is 0 Å². The smallest absolute Gasteiger partial charge is 0.160 e. The minimum absolute atomic E-state index is 0.135. The lowest BCUT2D eigenvalue weighted by Crippen LogP contribution is -2.38. The van der Waals surface area contributed by atoms with Crippen molar-refractivity contribution in [1.29, 1.82) is 0 Å². The monoisotopic (exact) mass is 258 g/mol. The first-order valence-electron chi connectivity index (χ1n) is 5.19. The second-order valence-corrected chi connectivity index (χ2v) is 3.99. The maximum Gasteiger partial charge on any atom is 0.160 e. The molecule has 0 aromatic rings. The standard InChI is InChI=1S/C10H20Cl2O3/c1-3-14-9(15-4-2)7-10(13,8-12)5-6-11/h9,13H,3-8H2,1-2H3. The van der Waals surface area contributed by atoms with Crippen LogP contribution in [0.15, 0.2) is 0 Å². The molecule has 0 heterocycles. The lowest BCUT2D eigenvalue weighted by Gasteiger charge is -2.29. The van der Waals surface area contributed by atoms with Gasteiger partial charge in [-0.3, -0.25) is 0 Å². The number of aliphatic hydroxyl groups is 1. The van der Waals surface area contributed by atoms with Crippen molar-refractivity contribution in [3.05, 3.63) is 0 Å². The van der Waals surface area contributed by atoms with Gasteiger partial charge in [-0.15, -0.1) is 23.2 Å². The van der Waals surface area contributed by atoms with Gasteiger partial charge in [0.2, 0.25) is 0 Å². The Hall–Kier alpha value is 0.460. The summed E-state index contributed by atoms with van der Waals surface area (Å²) in [6.45, 7) is 4.86. The van der Waals surface area contributed by atoms with E-state index in [-0.39, 0.29) is 5.88 Å². The van der Waals surface area contributed by atoms with Crippen LogP contribution >= 0.6 is 23.2 Å². The van der Waals surface area contributed by atoms with Gasteiger partial charge in [0.1, 0.15) is 0 Å². The number of rotatable bonds is 9. The van der Waals surface area contributed by atoms with Crippen molar-refractivity contribution in [1.82, 2.24) is 0 Å². The molecule has 0 spiro atoms. The Balaban J connectivity index is 4.19. The van der Waals surface area contributed by atoms with E-state index in [0.29, 0.717) is 31.9 Å². The summed E-state index contributed by atoms with van der Waals surface area (Å²) in [5, 5.41) is 10.1. The van der Waals surface area contributed by atoms with Crippen molar-refractivity contribution in [3.63, 3.8) is 0 Å². The summed E-state index contributed by atoms with van der Waals surface area (Å²) in [7, 11) is 0. The second-order valence-electron chi connectivity index (χ2n) is 3.34. The van der Waals surface area contributed by atoms with Crippen LogP contribution in [-0.2, 0) is 9.47 Å². The second kappa shape index (κ2) is 8.59. The van der Waals surface area contributed by atoms with Gasteiger partial charge in [-0.05, 0) is 20.3 Å². The lowest BCUT2D eigenvalue weighted by molar-refractivity contribution is -0.166. The van der Waals surface area contributed by atoms with E-state index in [9.17, 15) is 5.11 Å². The summed E-state index contributed by atoms with van der Waals surface area (Å²) in [4.78, 5) is 0. The molecule has 1 atom stereocenters. The molecule has 0 amide bonds. The Labute approximate surface area is 102 Å². The summed E-state index contributed by atoms with van der Waals surface area (Å²) in [5.41, 5.74) is -1.00. The van der Waals surface area contributed by atoms with Gasteiger partial charge in [0.15, 0.2) is 6.29 Å². The molecule has 0 rings (SSSR count). The summed E-state index contributed by atoms with van der Waals surface area (Å²) < 4.78 is 10.7. The van der Waals surface area contributed by atoms with Crippen molar-refractivity contribution >= 4 is 23.2 Å². The van der Waals surface area contributed by atoms with Gasteiger partial charge < -0.3 is 14.6 Å². The third-order valence-corrected chi connectivity index (χ3v) is 2.75. The van der Waals surface area contributed by atoms with E-state index < -0.39 is 11.9 Å². The van der Waals surface area contributed by atoms with Crippen LogP contribution in [0.4, 0.5) is 0 Å². The van der Waals surface area contributed by atoms with E-state index in [2.05, 4.69) is 0 Å². The molecule has 0 aromatic carbocycles. The number of hydrogen-bond acceptors (Lipinski definition) is 3. The van der Waals surface area contributed by atoms with Crippen LogP contribution in [0.5, 0.6) is 0 Å². The van der Waals surface area contributed by atoms with Crippen molar-refractivity contribution < 1.29 is 14.6 Å². The minimum Gasteiger partial charge on any atom is -0.388 e. The first-order valence-corrected chi connectivity index (χ1v) is 6.26. The van der Waals surface area contributed by atoms with Crippen LogP contribution in [-0.4, -0.2) is 42.0 Å². The predicted molar refractivity (Wildman–Crippen MR) is 62.7 cm³/mol. The summed E-state index contributed by atoms with van der Waals surface area (Å²) in [6.07, 6.45) is 0.381. The Morgan fingerprint density at radius 2 is 1.73 bits per heavy atom. The normalized spacial score (nSPS) is 15.6. The topological polar surface area (TPSA) is 38.7 Å². The molecular formula is C10H20Cl2O3. The van der Waals surface area contributed by atoms with Gasteiger partial charge in [0.05, 0.1) is 11.5 Å². The number of alkyl halides is 2. The van der Waals surface area contributed by atoms with Crippen LogP contribution in [0.25, 0.3) is 0 Å². The van der Waals surface area contributed by atoms with Crippen LogP contribution in [0.1, 0.15) is 26.7 Å². The zero-order valence-corrected chi connectivity index (χ0v) is 10.9.